The lowest BCUT2D eigenvalue weighted by Crippen LogP contribution is -2.19. The molecule has 112 valence electrons. The Kier molecular flexibility index (Phi) is 3.90. The summed E-state index contributed by atoms with van der Waals surface area (Å²) in [5, 5.41) is 0. The number of anilines is 1. The van der Waals surface area contributed by atoms with Crippen LogP contribution in [0.25, 0.3) is 11.3 Å². The fraction of sp³-hybridized carbons (Fsp3) is 0.353. The van der Waals surface area contributed by atoms with Gasteiger partial charge in [0.15, 0.2) is 0 Å². The van der Waals surface area contributed by atoms with Gasteiger partial charge in [0.1, 0.15) is 23.2 Å². The van der Waals surface area contributed by atoms with Crippen molar-refractivity contribution >= 4 is 5.82 Å². The first kappa shape index (κ1) is 15.3. The number of benzene rings is 1. The molecular formula is C17H22FN3. The van der Waals surface area contributed by atoms with Crippen LogP contribution in [0.5, 0.6) is 0 Å². The van der Waals surface area contributed by atoms with Crippen molar-refractivity contribution in [2.75, 3.05) is 5.73 Å². The number of hydrogen-bond acceptors (Lipinski definition) is 2. The first-order valence-electron chi connectivity index (χ1n) is 6.99. The first-order chi connectivity index (χ1) is 9.75. The number of nitrogens with two attached hydrogens (primary N) is 1. The van der Waals surface area contributed by atoms with Gasteiger partial charge in [0.2, 0.25) is 0 Å². The van der Waals surface area contributed by atoms with Gasteiger partial charge in [-0.2, -0.15) is 0 Å². The highest BCUT2D eigenvalue weighted by molar-refractivity contribution is 5.72. The molecule has 3 nitrogen and oxygen atoms in total. The Balaban J connectivity index is 2.70. The van der Waals surface area contributed by atoms with E-state index in [1.54, 1.807) is 18.2 Å². The molecule has 1 aromatic carbocycles. The quantitative estimate of drug-likeness (QED) is 0.865. The molecule has 4 heteroatoms. The standard InChI is InChI=1S/C17H22FN3/c1-6-9-21-15(19)14(20-16(21)17(3,4)5)12-10-11(2)7-8-13(12)18/h6-8,10H,1,9,19H2,2-5H3. The van der Waals surface area contributed by atoms with Crippen LogP contribution in [0.15, 0.2) is 30.9 Å². The highest BCUT2D eigenvalue weighted by atomic mass is 19.1. The van der Waals surface area contributed by atoms with E-state index in [1.165, 1.54) is 6.07 Å². The number of halogens is 1. The first-order valence-corrected chi connectivity index (χ1v) is 6.99. The van der Waals surface area contributed by atoms with Crippen LogP contribution in [0.4, 0.5) is 10.2 Å². The van der Waals surface area contributed by atoms with Crippen molar-refractivity contribution in [1.29, 1.82) is 0 Å². The SMILES string of the molecule is C=CCn1c(C(C)(C)C)nc(-c2cc(C)ccc2F)c1N. The van der Waals surface area contributed by atoms with E-state index >= 15 is 0 Å². The fourth-order valence-corrected chi connectivity index (χ4v) is 2.37. The summed E-state index contributed by atoms with van der Waals surface area (Å²) in [6, 6.07) is 4.96. The van der Waals surface area contributed by atoms with Crippen LogP contribution in [0.2, 0.25) is 0 Å². The molecule has 0 unspecified atom stereocenters. The molecule has 0 atom stereocenters. The third-order valence-electron chi connectivity index (χ3n) is 3.37. The van der Waals surface area contributed by atoms with Crippen LogP contribution >= 0.6 is 0 Å². The molecule has 0 spiro atoms. The molecular weight excluding hydrogens is 265 g/mol. The van der Waals surface area contributed by atoms with Gasteiger partial charge in [-0.05, 0) is 19.1 Å². The van der Waals surface area contributed by atoms with Crippen LogP contribution in [-0.4, -0.2) is 9.55 Å². The predicted octanol–water partition coefficient (Wildman–Crippen LogP) is 4.06. The molecule has 0 saturated carbocycles. The van der Waals surface area contributed by atoms with Crippen LogP contribution in [-0.2, 0) is 12.0 Å². The Labute approximate surface area is 125 Å². The van der Waals surface area contributed by atoms with Gasteiger partial charge in [-0.3, -0.25) is 0 Å². The number of aromatic nitrogens is 2. The largest absolute Gasteiger partial charge is 0.383 e. The summed E-state index contributed by atoms with van der Waals surface area (Å²) in [5.74, 6) is 0.996. The molecule has 21 heavy (non-hydrogen) atoms. The molecule has 0 saturated heterocycles. The molecule has 2 aromatic rings. The van der Waals surface area contributed by atoms with E-state index in [2.05, 4.69) is 32.3 Å². The zero-order chi connectivity index (χ0) is 15.8. The van der Waals surface area contributed by atoms with Gasteiger partial charge in [-0.15, -0.1) is 6.58 Å². The molecule has 0 aliphatic carbocycles. The average Bonchev–Trinajstić information content (AvgIpc) is 2.71. The van der Waals surface area contributed by atoms with E-state index in [9.17, 15) is 4.39 Å². The number of nitrogen functional groups attached to an aromatic ring is 1. The zero-order valence-electron chi connectivity index (χ0n) is 13.1. The van der Waals surface area contributed by atoms with Crippen molar-refractivity contribution in [3.63, 3.8) is 0 Å². The topological polar surface area (TPSA) is 43.8 Å². The Morgan fingerprint density at radius 1 is 1.38 bits per heavy atom. The lowest BCUT2D eigenvalue weighted by Gasteiger charge is -2.19. The Morgan fingerprint density at radius 3 is 2.62 bits per heavy atom. The molecule has 0 bridgehead atoms. The van der Waals surface area contributed by atoms with E-state index < -0.39 is 0 Å². The van der Waals surface area contributed by atoms with Gasteiger partial charge in [0, 0.05) is 17.5 Å². The van der Waals surface area contributed by atoms with E-state index in [4.69, 9.17) is 5.73 Å². The van der Waals surface area contributed by atoms with Gasteiger partial charge >= 0.3 is 0 Å². The maximum absolute atomic E-state index is 14.1. The molecule has 2 N–H and O–H groups in total. The number of rotatable bonds is 3. The van der Waals surface area contributed by atoms with E-state index in [0.717, 1.165) is 11.4 Å². The third-order valence-corrected chi connectivity index (χ3v) is 3.37. The number of imidazole rings is 1. The van der Waals surface area contributed by atoms with E-state index in [1.807, 2.05) is 11.5 Å². The number of nitrogens with zero attached hydrogens (tertiary/aromatic N) is 2. The molecule has 0 aliphatic rings. The Bertz CT molecular complexity index is 678. The highest BCUT2D eigenvalue weighted by Crippen LogP contribution is 2.33. The summed E-state index contributed by atoms with van der Waals surface area (Å²) >= 11 is 0. The molecule has 1 aromatic heterocycles. The highest BCUT2D eigenvalue weighted by Gasteiger charge is 2.26. The van der Waals surface area contributed by atoms with Crippen molar-refractivity contribution in [3.8, 4) is 11.3 Å². The summed E-state index contributed by atoms with van der Waals surface area (Å²) in [7, 11) is 0. The van der Waals surface area contributed by atoms with Crippen molar-refractivity contribution in [3.05, 3.63) is 48.1 Å². The minimum absolute atomic E-state index is 0.185. The molecule has 2 rings (SSSR count). The predicted molar refractivity (Wildman–Crippen MR) is 85.7 cm³/mol. The molecule has 0 amide bonds. The van der Waals surface area contributed by atoms with Crippen molar-refractivity contribution in [1.82, 2.24) is 9.55 Å². The van der Waals surface area contributed by atoms with Gasteiger partial charge in [0.05, 0.1) is 0 Å². The fourth-order valence-electron chi connectivity index (χ4n) is 2.37. The van der Waals surface area contributed by atoms with Gasteiger partial charge < -0.3 is 10.3 Å². The van der Waals surface area contributed by atoms with Gasteiger partial charge in [-0.25, -0.2) is 9.37 Å². The van der Waals surface area contributed by atoms with Crippen molar-refractivity contribution in [2.45, 2.75) is 39.7 Å². The van der Waals surface area contributed by atoms with Crippen molar-refractivity contribution in [2.24, 2.45) is 0 Å². The lowest BCUT2D eigenvalue weighted by molar-refractivity contribution is 0.515. The molecule has 0 radical (unpaired) electrons. The Morgan fingerprint density at radius 2 is 2.05 bits per heavy atom. The number of aryl methyl sites for hydroxylation is 1. The third kappa shape index (κ3) is 2.84. The second kappa shape index (κ2) is 5.35. The second-order valence-corrected chi connectivity index (χ2v) is 6.30. The number of allylic oxidation sites excluding steroid dienone is 1. The summed E-state index contributed by atoms with van der Waals surface area (Å²) in [6.45, 7) is 12.4. The zero-order valence-corrected chi connectivity index (χ0v) is 13.1. The van der Waals surface area contributed by atoms with Gasteiger partial charge in [0.25, 0.3) is 0 Å². The summed E-state index contributed by atoms with van der Waals surface area (Å²) in [4.78, 5) is 4.62. The number of hydrogen-bond donors (Lipinski definition) is 1. The molecule has 1 heterocycles. The van der Waals surface area contributed by atoms with E-state index in [-0.39, 0.29) is 11.2 Å². The summed E-state index contributed by atoms with van der Waals surface area (Å²) in [6.07, 6.45) is 1.77. The van der Waals surface area contributed by atoms with Crippen molar-refractivity contribution < 1.29 is 4.39 Å². The smallest absolute Gasteiger partial charge is 0.132 e. The Hall–Kier alpha value is -2.10. The molecule has 0 fully saturated rings. The normalized spacial score (nSPS) is 11.7. The maximum atomic E-state index is 14.1. The van der Waals surface area contributed by atoms with Crippen LogP contribution in [0.1, 0.15) is 32.2 Å². The van der Waals surface area contributed by atoms with Crippen LogP contribution < -0.4 is 5.73 Å². The van der Waals surface area contributed by atoms with Crippen LogP contribution in [0, 0.1) is 12.7 Å². The average molecular weight is 287 g/mol. The minimum atomic E-state index is -0.309. The van der Waals surface area contributed by atoms with Gasteiger partial charge in [-0.1, -0.05) is 38.5 Å². The van der Waals surface area contributed by atoms with Crippen LogP contribution in [0.3, 0.4) is 0 Å². The molecule has 0 aliphatic heterocycles. The summed E-state index contributed by atoms with van der Waals surface area (Å²) in [5.41, 5.74) is 7.96. The minimum Gasteiger partial charge on any atom is -0.383 e. The maximum Gasteiger partial charge on any atom is 0.132 e. The summed E-state index contributed by atoms with van der Waals surface area (Å²) < 4.78 is 16.0. The lowest BCUT2D eigenvalue weighted by atomic mass is 9.95. The monoisotopic (exact) mass is 287 g/mol. The second-order valence-electron chi connectivity index (χ2n) is 6.30. The van der Waals surface area contributed by atoms with E-state index in [0.29, 0.717) is 23.6 Å².